The molecule has 0 aliphatic rings. The van der Waals surface area contributed by atoms with Crippen molar-refractivity contribution in [2.75, 3.05) is 21.1 Å². The van der Waals surface area contributed by atoms with Crippen LogP contribution in [-0.2, 0) is 17.9 Å². The first kappa shape index (κ1) is 13.6. The summed E-state index contributed by atoms with van der Waals surface area (Å²) in [5, 5.41) is 4.38. The minimum atomic E-state index is 0.160. The van der Waals surface area contributed by atoms with E-state index in [1.54, 1.807) is 19.0 Å². The van der Waals surface area contributed by atoms with Crippen LogP contribution in [0.15, 0.2) is 30.5 Å². The van der Waals surface area contributed by atoms with Gasteiger partial charge in [-0.2, -0.15) is 0 Å². The molecular formula is C15H21N3O. The van der Waals surface area contributed by atoms with Crippen molar-refractivity contribution >= 4 is 16.8 Å². The molecule has 0 aliphatic carbocycles. The molecule has 0 saturated carbocycles. The Bertz CT molecular complexity index is 572. The van der Waals surface area contributed by atoms with Gasteiger partial charge in [0.25, 0.3) is 0 Å². The van der Waals surface area contributed by atoms with E-state index in [-0.39, 0.29) is 5.91 Å². The van der Waals surface area contributed by atoms with E-state index in [0.717, 1.165) is 13.1 Å². The summed E-state index contributed by atoms with van der Waals surface area (Å²) in [6.45, 7) is 1.58. The van der Waals surface area contributed by atoms with Gasteiger partial charge in [-0.1, -0.05) is 12.1 Å². The van der Waals surface area contributed by atoms with Crippen LogP contribution in [0.5, 0.6) is 0 Å². The van der Waals surface area contributed by atoms with E-state index in [4.69, 9.17) is 0 Å². The Morgan fingerprint density at radius 3 is 2.79 bits per heavy atom. The molecule has 1 N–H and O–H groups in total. The summed E-state index contributed by atoms with van der Waals surface area (Å²) < 4.78 is 2.15. The van der Waals surface area contributed by atoms with Crippen LogP contribution in [0.1, 0.15) is 12.0 Å². The van der Waals surface area contributed by atoms with Crippen LogP contribution >= 0.6 is 0 Å². The molecule has 19 heavy (non-hydrogen) atoms. The Morgan fingerprint density at radius 1 is 1.32 bits per heavy atom. The fourth-order valence-corrected chi connectivity index (χ4v) is 2.18. The van der Waals surface area contributed by atoms with Gasteiger partial charge in [0.1, 0.15) is 0 Å². The Labute approximate surface area is 114 Å². The van der Waals surface area contributed by atoms with E-state index in [1.807, 2.05) is 7.05 Å². The van der Waals surface area contributed by atoms with Gasteiger partial charge >= 0.3 is 0 Å². The van der Waals surface area contributed by atoms with Gasteiger partial charge < -0.3 is 14.8 Å². The van der Waals surface area contributed by atoms with Gasteiger partial charge in [0.2, 0.25) is 5.91 Å². The van der Waals surface area contributed by atoms with Gasteiger partial charge in [0.05, 0.1) is 0 Å². The molecule has 4 heteroatoms. The number of nitrogens with one attached hydrogen (secondary N) is 1. The number of hydrogen-bond acceptors (Lipinski definition) is 2. The number of carbonyl (C=O) groups excluding carboxylic acids is 1. The lowest BCUT2D eigenvalue weighted by molar-refractivity contribution is -0.128. The lowest BCUT2D eigenvalue weighted by Gasteiger charge is -2.11. The first-order chi connectivity index (χ1) is 9.11. The highest BCUT2D eigenvalue weighted by molar-refractivity contribution is 5.81. The molecule has 0 radical (unpaired) electrons. The molecule has 2 aromatic rings. The van der Waals surface area contributed by atoms with Crippen molar-refractivity contribution < 1.29 is 4.79 Å². The van der Waals surface area contributed by atoms with Gasteiger partial charge in [0.15, 0.2) is 0 Å². The van der Waals surface area contributed by atoms with E-state index in [1.165, 1.54) is 16.5 Å². The maximum absolute atomic E-state index is 11.6. The predicted molar refractivity (Wildman–Crippen MR) is 78.0 cm³/mol. The Morgan fingerprint density at radius 2 is 2.11 bits per heavy atom. The predicted octanol–water partition coefficient (Wildman–Crippen LogP) is 1.84. The maximum atomic E-state index is 11.6. The van der Waals surface area contributed by atoms with E-state index in [0.29, 0.717) is 6.42 Å². The van der Waals surface area contributed by atoms with Crippen LogP contribution in [0.25, 0.3) is 10.9 Å². The zero-order valence-electron chi connectivity index (χ0n) is 11.8. The highest BCUT2D eigenvalue weighted by Gasteiger charge is 2.06. The van der Waals surface area contributed by atoms with E-state index < -0.39 is 0 Å². The van der Waals surface area contributed by atoms with Crippen molar-refractivity contribution in [2.45, 2.75) is 19.5 Å². The topological polar surface area (TPSA) is 37.3 Å². The van der Waals surface area contributed by atoms with Crippen LogP contribution in [-0.4, -0.2) is 36.5 Å². The van der Waals surface area contributed by atoms with E-state index in [9.17, 15) is 4.79 Å². The second-order valence-electron chi connectivity index (χ2n) is 4.97. The monoisotopic (exact) mass is 259 g/mol. The molecular weight excluding hydrogens is 238 g/mol. The summed E-state index contributed by atoms with van der Waals surface area (Å²) in [5.74, 6) is 0.160. The van der Waals surface area contributed by atoms with Crippen molar-refractivity contribution in [3.05, 3.63) is 36.0 Å². The van der Waals surface area contributed by atoms with Crippen molar-refractivity contribution in [3.63, 3.8) is 0 Å². The summed E-state index contributed by atoms with van der Waals surface area (Å²) in [6.07, 6.45) is 2.59. The number of carbonyl (C=O) groups is 1. The first-order valence-corrected chi connectivity index (χ1v) is 6.54. The SMILES string of the molecule is CNCc1ccc2ccn(CCC(=O)N(C)C)c2c1. The van der Waals surface area contributed by atoms with Crippen LogP contribution in [0.2, 0.25) is 0 Å². The van der Waals surface area contributed by atoms with Crippen LogP contribution in [0.4, 0.5) is 0 Å². The van der Waals surface area contributed by atoms with Crippen LogP contribution in [0, 0.1) is 0 Å². The van der Waals surface area contributed by atoms with E-state index in [2.05, 4.69) is 40.3 Å². The number of benzene rings is 1. The van der Waals surface area contributed by atoms with Crippen molar-refractivity contribution in [1.29, 1.82) is 0 Å². The molecule has 1 aromatic carbocycles. The quantitative estimate of drug-likeness (QED) is 0.889. The molecule has 0 bridgehead atoms. The minimum Gasteiger partial charge on any atom is -0.349 e. The van der Waals surface area contributed by atoms with Crippen LogP contribution in [0.3, 0.4) is 0 Å². The van der Waals surface area contributed by atoms with Crippen molar-refractivity contribution in [3.8, 4) is 0 Å². The average Bonchev–Trinajstić information content (AvgIpc) is 2.78. The summed E-state index contributed by atoms with van der Waals surface area (Å²) in [5.41, 5.74) is 2.45. The van der Waals surface area contributed by atoms with Gasteiger partial charge in [-0.3, -0.25) is 4.79 Å². The molecule has 0 spiro atoms. The Hall–Kier alpha value is -1.81. The molecule has 0 fully saturated rings. The Kier molecular flexibility index (Phi) is 4.22. The molecule has 0 atom stereocenters. The molecule has 2 rings (SSSR count). The molecule has 0 saturated heterocycles. The van der Waals surface area contributed by atoms with Crippen molar-refractivity contribution in [2.24, 2.45) is 0 Å². The Balaban J connectivity index is 2.18. The number of amides is 1. The summed E-state index contributed by atoms with van der Waals surface area (Å²) in [4.78, 5) is 13.3. The molecule has 0 aliphatic heterocycles. The maximum Gasteiger partial charge on any atom is 0.223 e. The van der Waals surface area contributed by atoms with Crippen molar-refractivity contribution in [1.82, 2.24) is 14.8 Å². The molecule has 4 nitrogen and oxygen atoms in total. The fourth-order valence-electron chi connectivity index (χ4n) is 2.18. The number of aryl methyl sites for hydroxylation is 1. The smallest absolute Gasteiger partial charge is 0.223 e. The average molecular weight is 259 g/mol. The number of rotatable bonds is 5. The third kappa shape index (κ3) is 3.15. The number of fused-ring (bicyclic) bond motifs is 1. The standard InChI is InChI=1S/C15H21N3O/c1-16-11-12-4-5-13-6-8-18(14(13)10-12)9-7-15(19)17(2)3/h4-6,8,10,16H,7,9,11H2,1-3H3. The normalized spacial score (nSPS) is 10.9. The van der Waals surface area contributed by atoms with E-state index >= 15 is 0 Å². The summed E-state index contributed by atoms with van der Waals surface area (Å²) in [7, 11) is 5.53. The molecule has 102 valence electrons. The highest BCUT2D eigenvalue weighted by atomic mass is 16.2. The second-order valence-corrected chi connectivity index (χ2v) is 4.97. The van der Waals surface area contributed by atoms with Gasteiger partial charge in [-0.15, -0.1) is 0 Å². The largest absolute Gasteiger partial charge is 0.349 e. The van der Waals surface area contributed by atoms with Gasteiger partial charge in [-0.25, -0.2) is 0 Å². The molecule has 0 unspecified atom stereocenters. The zero-order chi connectivity index (χ0) is 13.8. The fraction of sp³-hybridized carbons (Fsp3) is 0.400. The summed E-state index contributed by atoms with van der Waals surface area (Å²) in [6, 6.07) is 8.55. The molecule has 1 aromatic heterocycles. The third-order valence-corrected chi connectivity index (χ3v) is 3.28. The molecule has 1 heterocycles. The summed E-state index contributed by atoms with van der Waals surface area (Å²) >= 11 is 0. The number of hydrogen-bond donors (Lipinski definition) is 1. The lowest BCUT2D eigenvalue weighted by Crippen LogP contribution is -2.22. The van der Waals surface area contributed by atoms with Gasteiger partial charge in [-0.05, 0) is 30.1 Å². The van der Waals surface area contributed by atoms with Crippen LogP contribution < -0.4 is 5.32 Å². The number of aromatic nitrogens is 1. The highest BCUT2D eigenvalue weighted by Crippen LogP contribution is 2.18. The lowest BCUT2D eigenvalue weighted by atomic mass is 10.1. The second kappa shape index (κ2) is 5.89. The zero-order valence-corrected chi connectivity index (χ0v) is 11.8. The van der Waals surface area contributed by atoms with Gasteiger partial charge in [0, 0.05) is 45.3 Å². The number of nitrogens with zero attached hydrogens (tertiary/aromatic N) is 2. The first-order valence-electron chi connectivity index (χ1n) is 6.54. The molecule has 1 amide bonds. The third-order valence-electron chi connectivity index (χ3n) is 3.28. The minimum absolute atomic E-state index is 0.160.